The molecule has 0 aliphatic heterocycles. The molecular formula is C23H20N2O3. The molecule has 28 heavy (non-hydrogen) atoms. The van der Waals surface area contributed by atoms with Gasteiger partial charge in [0, 0.05) is 17.3 Å². The Morgan fingerprint density at radius 1 is 1.07 bits per heavy atom. The van der Waals surface area contributed by atoms with Crippen molar-refractivity contribution in [2.24, 2.45) is 0 Å². The molecule has 140 valence electrons. The summed E-state index contributed by atoms with van der Waals surface area (Å²) in [7, 11) is 0. The fraction of sp³-hybridized carbons (Fsp3) is 0.130. The number of benzene rings is 2. The number of nitrogens with one attached hydrogen (secondary N) is 1. The van der Waals surface area contributed by atoms with E-state index >= 15 is 0 Å². The molecule has 2 heterocycles. The van der Waals surface area contributed by atoms with Gasteiger partial charge in [0.15, 0.2) is 5.58 Å². The van der Waals surface area contributed by atoms with Crippen LogP contribution in [0.4, 0.5) is 5.69 Å². The molecule has 0 aliphatic carbocycles. The summed E-state index contributed by atoms with van der Waals surface area (Å²) in [5.74, 6) is 0.920. The number of fused-ring (bicyclic) bond motifs is 1. The maximum absolute atomic E-state index is 12.3. The second-order valence-electron chi connectivity index (χ2n) is 6.82. The van der Waals surface area contributed by atoms with E-state index < -0.39 is 0 Å². The minimum atomic E-state index is -0.235. The van der Waals surface area contributed by atoms with Crippen LogP contribution in [0.2, 0.25) is 0 Å². The summed E-state index contributed by atoms with van der Waals surface area (Å²) in [6.45, 7) is 5.99. The van der Waals surface area contributed by atoms with Crippen molar-refractivity contribution in [2.45, 2.75) is 20.8 Å². The van der Waals surface area contributed by atoms with Crippen LogP contribution in [0.25, 0.3) is 28.6 Å². The Morgan fingerprint density at radius 2 is 1.93 bits per heavy atom. The second-order valence-corrected chi connectivity index (χ2v) is 6.82. The molecule has 0 spiro atoms. The van der Waals surface area contributed by atoms with Gasteiger partial charge in [-0.3, -0.25) is 4.79 Å². The Labute approximate surface area is 162 Å². The van der Waals surface area contributed by atoms with Crippen LogP contribution < -0.4 is 5.32 Å². The van der Waals surface area contributed by atoms with Crippen LogP contribution >= 0.6 is 0 Å². The van der Waals surface area contributed by atoms with E-state index in [2.05, 4.69) is 16.4 Å². The van der Waals surface area contributed by atoms with Gasteiger partial charge >= 0.3 is 0 Å². The zero-order chi connectivity index (χ0) is 19.7. The SMILES string of the molecule is Cc1cc(C)c2oc(-c3ccc(C)c(NC(=O)C=Cc4ccco4)c3)nc2c1. The molecular weight excluding hydrogens is 352 g/mol. The van der Waals surface area contributed by atoms with Crippen molar-refractivity contribution in [1.29, 1.82) is 0 Å². The van der Waals surface area contributed by atoms with Crippen molar-refractivity contribution in [3.05, 3.63) is 77.3 Å². The summed E-state index contributed by atoms with van der Waals surface area (Å²) >= 11 is 0. The highest BCUT2D eigenvalue weighted by atomic mass is 16.3. The molecule has 4 aromatic rings. The number of carbonyl (C=O) groups is 1. The van der Waals surface area contributed by atoms with Crippen LogP contribution in [0.5, 0.6) is 0 Å². The average molecular weight is 372 g/mol. The maximum Gasteiger partial charge on any atom is 0.248 e. The normalized spacial score (nSPS) is 11.4. The first kappa shape index (κ1) is 17.8. The van der Waals surface area contributed by atoms with Gasteiger partial charge in [0.05, 0.1) is 6.26 Å². The number of hydrogen-bond donors (Lipinski definition) is 1. The summed E-state index contributed by atoms with van der Waals surface area (Å²) in [6, 6.07) is 13.4. The molecule has 0 unspecified atom stereocenters. The third-order valence-corrected chi connectivity index (χ3v) is 4.50. The number of nitrogens with zero attached hydrogens (tertiary/aromatic N) is 1. The van der Waals surface area contributed by atoms with Crippen LogP contribution in [-0.2, 0) is 4.79 Å². The van der Waals surface area contributed by atoms with Gasteiger partial charge in [0.2, 0.25) is 11.8 Å². The highest BCUT2D eigenvalue weighted by molar-refractivity contribution is 6.02. The number of aromatic nitrogens is 1. The monoisotopic (exact) mass is 372 g/mol. The van der Waals surface area contributed by atoms with E-state index in [-0.39, 0.29) is 5.91 Å². The van der Waals surface area contributed by atoms with Crippen molar-refractivity contribution < 1.29 is 13.6 Å². The van der Waals surface area contributed by atoms with Gasteiger partial charge in [-0.1, -0.05) is 12.1 Å². The standard InChI is InChI=1S/C23H20N2O3/c1-14-11-16(3)22-20(12-14)25-23(28-22)17-7-6-15(2)19(13-17)24-21(26)9-8-18-5-4-10-27-18/h4-13H,1-3H3,(H,24,26). The van der Waals surface area contributed by atoms with Gasteiger partial charge in [-0.15, -0.1) is 0 Å². The van der Waals surface area contributed by atoms with Gasteiger partial charge in [-0.2, -0.15) is 0 Å². The highest BCUT2D eigenvalue weighted by Crippen LogP contribution is 2.30. The Kier molecular flexibility index (Phi) is 4.57. The Hall–Kier alpha value is -3.60. The molecule has 1 N–H and O–H groups in total. The lowest BCUT2D eigenvalue weighted by Crippen LogP contribution is -2.09. The van der Waals surface area contributed by atoms with Crippen molar-refractivity contribution in [1.82, 2.24) is 4.98 Å². The van der Waals surface area contributed by atoms with Crippen molar-refractivity contribution in [3.8, 4) is 11.5 Å². The van der Waals surface area contributed by atoms with E-state index in [0.29, 0.717) is 17.3 Å². The Balaban J connectivity index is 1.62. The zero-order valence-electron chi connectivity index (χ0n) is 15.9. The van der Waals surface area contributed by atoms with Crippen molar-refractivity contribution >= 4 is 28.8 Å². The first-order valence-corrected chi connectivity index (χ1v) is 9.01. The quantitative estimate of drug-likeness (QED) is 0.469. The fourth-order valence-corrected chi connectivity index (χ4v) is 3.11. The summed E-state index contributed by atoms with van der Waals surface area (Å²) in [6.07, 6.45) is 4.63. The first-order valence-electron chi connectivity index (χ1n) is 9.01. The van der Waals surface area contributed by atoms with Gasteiger partial charge in [-0.25, -0.2) is 4.98 Å². The number of carbonyl (C=O) groups excluding carboxylic acids is 1. The lowest BCUT2D eigenvalue weighted by Gasteiger charge is -2.07. The van der Waals surface area contributed by atoms with E-state index in [1.807, 2.05) is 45.0 Å². The first-order chi connectivity index (χ1) is 13.5. The molecule has 0 bridgehead atoms. The van der Waals surface area contributed by atoms with Crippen LogP contribution in [0.15, 0.2) is 63.6 Å². The number of amides is 1. The Morgan fingerprint density at radius 3 is 2.71 bits per heavy atom. The fourth-order valence-electron chi connectivity index (χ4n) is 3.11. The summed E-state index contributed by atoms with van der Waals surface area (Å²) in [4.78, 5) is 16.9. The molecule has 0 atom stereocenters. The topological polar surface area (TPSA) is 68.3 Å². The minimum absolute atomic E-state index is 0.235. The van der Waals surface area contributed by atoms with Crippen LogP contribution in [-0.4, -0.2) is 10.9 Å². The van der Waals surface area contributed by atoms with Crippen molar-refractivity contribution in [2.75, 3.05) is 5.32 Å². The van der Waals surface area contributed by atoms with E-state index in [4.69, 9.17) is 8.83 Å². The predicted octanol–water partition coefficient (Wildman–Crippen LogP) is 5.66. The number of oxazole rings is 1. The molecule has 1 amide bonds. The number of anilines is 1. The molecule has 0 saturated heterocycles. The van der Waals surface area contributed by atoms with Gasteiger partial charge in [-0.05, 0) is 73.9 Å². The third kappa shape index (κ3) is 3.60. The summed E-state index contributed by atoms with van der Waals surface area (Å²) in [5.41, 5.74) is 6.29. The van der Waals surface area contributed by atoms with E-state index in [0.717, 1.165) is 33.4 Å². The lowest BCUT2D eigenvalue weighted by molar-refractivity contribution is -0.111. The number of furan rings is 1. The molecule has 5 heteroatoms. The van der Waals surface area contributed by atoms with Gasteiger partial charge in [0.1, 0.15) is 11.3 Å². The Bertz CT molecular complexity index is 1180. The molecule has 2 aromatic carbocycles. The number of aryl methyl sites for hydroxylation is 3. The minimum Gasteiger partial charge on any atom is -0.465 e. The molecule has 0 aliphatic rings. The van der Waals surface area contributed by atoms with Gasteiger partial charge < -0.3 is 14.2 Å². The predicted molar refractivity (Wildman–Crippen MR) is 110 cm³/mol. The molecule has 4 rings (SSSR count). The second kappa shape index (κ2) is 7.19. The zero-order valence-corrected chi connectivity index (χ0v) is 15.9. The van der Waals surface area contributed by atoms with E-state index in [1.165, 1.54) is 6.08 Å². The third-order valence-electron chi connectivity index (χ3n) is 4.50. The van der Waals surface area contributed by atoms with Crippen LogP contribution in [0.1, 0.15) is 22.5 Å². The van der Waals surface area contributed by atoms with Gasteiger partial charge in [0.25, 0.3) is 0 Å². The highest BCUT2D eigenvalue weighted by Gasteiger charge is 2.12. The van der Waals surface area contributed by atoms with E-state index in [1.54, 1.807) is 24.5 Å². The number of hydrogen-bond acceptors (Lipinski definition) is 4. The smallest absolute Gasteiger partial charge is 0.248 e. The molecule has 0 fully saturated rings. The number of rotatable bonds is 4. The largest absolute Gasteiger partial charge is 0.465 e. The summed E-state index contributed by atoms with van der Waals surface area (Å²) in [5, 5.41) is 2.90. The lowest BCUT2D eigenvalue weighted by atomic mass is 10.1. The molecule has 0 saturated carbocycles. The summed E-state index contributed by atoms with van der Waals surface area (Å²) < 4.78 is 11.2. The van der Waals surface area contributed by atoms with Crippen LogP contribution in [0, 0.1) is 20.8 Å². The molecule has 2 aromatic heterocycles. The average Bonchev–Trinajstić information content (AvgIpc) is 3.31. The maximum atomic E-state index is 12.3. The molecule has 5 nitrogen and oxygen atoms in total. The van der Waals surface area contributed by atoms with Crippen LogP contribution in [0.3, 0.4) is 0 Å². The van der Waals surface area contributed by atoms with E-state index in [9.17, 15) is 4.79 Å². The molecule has 0 radical (unpaired) electrons. The van der Waals surface area contributed by atoms with Crippen molar-refractivity contribution in [3.63, 3.8) is 0 Å².